The van der Waals surface area contributed by atoms with Gasteiger partial charge in [0.2, 0.25) is 0 Å². The number of hydrogen-bond acceptors (Lipinski definition) is 7. The van der Waals surface area contributed by atoms with Gasteiger partial charge in [0, 0.05) is 35.0 Å². The topological polar surface area (TPSA) is 140 Å². The van der Waals surface area contributed by atoms with Crippen molar-refractivity contribution in [2.45, 2.75) is 25.7 Å². The van der Waals surface area contributed by atoms with Gasteiger partial charge in [-0.15, -0.1) is 0 Å². The number of fused-ring (bicyclic) bond motifs is 3. The number of ketones is 3. The van der Waals surface area contributed by atoms with Crippen LogP contribution < -0.4 is 16.0 Å². The van der Waals surface area contributed by atoms with Crippen LogP contribution in [0.5, 0.6) is 0 Å². The Morgan fingerprint density at radius 1 is 0.633 bits per heavy atom. The zero-order valence-corrected chi connectivity index (χ0v) is 26.5. The predicted octanol–water partition coefficient (Wildman–Crippen LogP) is 7.47. The average Bonchev–Trinajstić information content (AvgIpc) is 3.59. The minimum atomic E-state index is -0.536. The molecule has 6 aromatic rings. The number of para-hydroxylation sites is 4. The molecule has 1 fully saturated rings. The van der Waals surface area contributed by atoms with Crippen molar-refractivity contribution in [3.63, 3.8) is 0 Å². The van der Waals surface area contributed by atoms with E-state index in [2.05, 4.69) is 5.32 Å². The Morgan fingerprint density at radius 2 is 1.24 bits per heavy atom. The standard InChI is InChI=1S/C20H12N2O.C8H5NO2.C6H7N.C6H8O2/c23-20-18-14-9-4-5-10-15(14)21-16-11-6-12-17(19(16)18)22(20)13-7-2-1-3-8-13;10-7-5-3-1-2-4-6(5)9-8(7)11;7-6-4-2-1-3-5-6;7-5-2-1-3-6(8)4-5/h1-12H;1-4H,(H,9,10,11);1-5H,7H2;1-4H2. The summed E-state index contributed by atoms with van der Waals surface area (Å²) in [6.45, 7) is 0. The second kappa shape index (κ2) is 14.5. The van der Waals surface area contributed by atoms with Crippen LogP contribution in [0.15, 0.2) is 127 Å². The molecule has 0 atom stereocenters. The highest BCUT2D eigenvalue weighted by atomic mass is 16.2. The lowest BCUT2D eigenvalue weighted by atomic mass is 9.98. The monoisotopic (exact) mass is 648 g/mol. The Hall–Kier alpha value is -6.48. The van der Waals surface area contributed by atoms with Crippen LogP contribution in [0.4, 0.5) is 22.7 Å². The number of nitrogens with zero attached hydrogens (tertiary/aromatic N) is 2. The van der Waals surface area contributed by atoms with E-state index in [0.717, 1.165) is 50.9 Å². The maximum Gasteiger partial charge on any atom is 0.296 e. The molecule has 49 heavy (non-hydrogen) atoms. The van der Waals surface area contributed by atoms with Gasteiger partial charge in [0.15, 0.2) is 0 Å². The molecule has 0 radical (unpaired) electrons. The third-order valence-corrected chi connectivity index (χ3v) is 8.09. The van der Waals surface area contributed by atoms with Gasteiger partial charge in [0.05, 0.1) is 40.0 Å². The van der Waals surface area contributed by atoms with Crippen LogP contribution in [-0.4, -0.2) is 34.1 Å². The molecule has 0 saturated heterocycles. The lowest BCUT2D eigenvalue weighted by Crippen LogP contribution is -2.20. The molecule has 5 aromatic carbocycles. The van der Waals surface area contributed by atoms with Crippen molar-refractivity contribution in [2.24, 2.45) is 0 Å². The molecule has 0 unspecified atom stereocenters. The fourth-order valence-electron chi connectivity index (χ4n) is 5.81. The number of pyridine rings is 1. The first-order valence-electron chi connectivity index (χ1n) is 15.8. The summed E-state index contributed by atoms with van der Waals surface area (Å²) in [5.41, 5.74) is 11.5. The normalized spacial score (nSPS) is 14.2. The van der Waals surface area contributed by atoms with Crippen LogP contribution in [0.25, 0.3) is 21.8 Å². The first-order chi connectivity index (χ1) is 23.8. The Labute approximate surface area is 282 Å². The second-order valence-electron chi connectivity index (χ2n) is 11.5. The zero-order valence-electron chi connectivity index (χ0n) is 26.5. The van der Waals surface area contributed by atoms with Crippen molar-refractivity contribution in [1.29, 1.82) is 0 Å². The maximum atomic E-state index is 13.2. The first-order valence-corrected chi connectivity index (χ1v) is 15.8. The van der Waals surface area contributed by atoms with Crippen LogP contribution in [0.1, 0.15) is 46.4 Å². The third-order valence-electron chi connectivity index (χ3n) is 8.09. The number of hydrogen-bond donors (Lipinski definition) is 2. The Kier molecular flexibility index (Phi) is 9.62. The molecule has 9 rings (SSSR count). The molecule has 1 saturated carbocycles. The number of rotatable bonds is 1. The van der Waals surface area contributed by atoms with Crippen LogP contribution in [0.3, 0.4) is 0 Å². The van der Waals surface area contributed by atoms with Crippen molar-refractivity contribution < 1.29 is 24.0 Å². The highest BCUT2D eigenvalue weighted by Crippen LogP contribution is 2.43. The number of Topliss-reactive ketones (excluding diaryl/α,β-unsaturated/α-hetero) is 3. The van der Waals surface area contributed by atoms with Gasteiger partial charge in [-0.25, -0.2) is 4.98 Å². The smallest absolute Gasteiger partial charge is 0.296 e. The van der Waals surface area contributed by atoms with Gasteiger partial charge in [0.25, 0.3) is 17.6 Å². The zero-order chi connectivity index (χ0) is 34.3. The summed E-state index contributed by atoms with van der Waals surface area (Å²) in [6.07, 6.45) is 2.20. The molecular formula is C40H32N4O5. The number of carbonyl (C=O) groups is 5. The predicted molar refractivity (Wildman–Crippen MR) is 191 cm³/mol. The van der Waals surface area contributed by atoms with Crippen molar-refractivity contribution >= 4 is 73.7 Å². The number of amides is 2. The quantitative estimate of drug-likeness (QED) is 0.0816. The fourth-order valence-corrected chi connectivity index (χ4v) is 5.81. The molecular weight excluding hydrogens is 616 g/mol. The van der Waals surface area contributed by atoms with Crippen LogP contribution in [0.2, 0.25) is 0 Å². The van der Waals surface area contributed by atoms with E-state index in [-0.39, 0.29) is 23.9 Å². The SMILES string of the molecule is Nc1ccccc1.O=C1CCCC(=O)C1.O=C1Nc2ccccc2C1=O.O=C1c2c3ccccc3nc3cccc(c23)N1c1ccccc1. The average molecular weight is 649 g/mol. The molecule has 9 heteroatoms. The molecule has 242 valence electrons. The number of nitrogen functional groups attached to an aromatic ring is 1. The second-order valence-corrected chi connectivity index (χ2v) is 11.5. The van der Waals surface area contributed by atoms with Gasteiger partial charge in [-0.3, -0.25) is 28.9 Å². The Balaban J connectivity index is 0.000000132. The summed E-state index contributed by atoms with van der Waals surface area (Å²) in [5.74, 6) is -0.740. The van der Waals surface area contributed by atoms with Crippen LogP contribution >= 0.6 is 0 Å². The highest BCUT2D eigenvalue weighted by Gasteiger charge is 2.33. The van der Waals surface area contributed by atoms with E-state index in [1.807, 2.05) is 103 Å². The van der Waals surface area contributed by atoms with Gasteiger partial charge < -0.3 is 11.1 Å². The van der Waals surface area contributed by atoms with Crippen molar-refractivity contribution in [2.75, 3.05) is 16.0 Å². The summed E-state index contributed by atoms with van der Waals surface area (Å²) < 4.78 is 0. The number of aromatic nitrogens is 1. The number of carbonyl (C=O) groups excluding carboxylic acids is 5. The largest absolute Gasteiger partial charge is 0.399 e. The van der Waals surface area contributed by atoms with E-state index in [1.54, 1.807) is 29.2 Å². The lowest BCUT2D eigenvalue weighted by Gasteiger charge is -2.17. The number of nitrogens with two attached hydrogens (primary N) is 1. The van der Waals surface area contributed by atoms with E-state index < -0.39 is 11.7 Å². The first kappa shape index (κ1) is 32.5. The summed E-state index contributed by atoms with van der Waals surface area (Å²) in [6, 6.07) is 39.8. The minimum Gasteiger partial charge on any atom is -0.399 e. The van der Waals surface area contributed by atoms with Gasteiger partial charge in [-0.05, 0) is 61.0 Å². The van der Waals surface area contributed by atoms with Gasteiger partial charge in [-0.2, -0.15) is 0 Å². The maximum absolute atomic E-state index is 13.2. The Bertz CT molecular complexity index is 2200. The molecule has 3 heterocycles. The number of benzene rings is 5. The highest BCUT2D eigenvalue weighted by molar-refractivity contribution is 6.51. The van der Waals surface area contributed by atoms with Crippen LogP contribution in [-0.2, 0) is 14.4 Å². The summed E-state index contributed by atoms with van der Waals surface area (Å²) in [7, 11) is 0. The molecule has 1 aromatic heterocycles. The van der Waals surface area contributed by atoms with E-state index in [0.29, 0.717) is 24.1 Å². The van der Waals surface area contributed by atoms with E-state index in [4.69, 9.17) is 10.7 Å². The molecule has 0 spiro atoms. The summed E-state index contributed by atoms with van der Waals surface area (Å²) >= 11 is 0. The van der Waals surface area contributed by atoms with Crippen molar-refractivity contribution in [1.82, 2.24) is 4.98 Å². The van der Waals surface area contributed by atoms with Gasteiger partial charge in [0.1, 0.15) is 11.6 Å². The molecule has 0 bridgehead atoms. The van der Waals surface area contributed by atoms with E-state index >= 15 is 0 Å². The molecule has 2 amide bonds. The van der Waals surface area contributed by atoms with E-state index in [9.17, 15) is 24.0 Å². The van der Waals surface area contributed by atoms with Crippen molar-refractivity contribution in [3.8, 4) is 0 Å². The number of anilines is 4. The van der Waals surface area contributed by atoms with Gasteiger partial charge >= 0.3 is 0 Å². The molecule has 3 N–H and O–H groups in total. The molecule has 2 aliphatic heterocycles. The third kappa shape index (κ3) is 7.11. The van der Waals surface area contributed by atoms with E-state index in [1.165, 1.54) is 0 Å². The van der Waals surface area contributed by atoms with Gasteiger partial charge in [-0.1, -0.05) is 72.8 Å². The molecule has 3 aliphatic rings. The summed E-state index contributed by atoms with van der Waals surface area (Å²) in [4.78, 5) is 62.4. The van der Waals surface area contributed by atoms with Crippen molar-refractivity contribution in [3.05, 3.63) is 139 Å². The molecule has 9 nitrogen and oxygen atoms in total. The molecule has 1 aliphatic carbocycles. The fraction of sp³-hybridized carbons (Fsp3) is 0.100. The Morgan fingerprint density at radius 3 is 1.88 bits per heavy atom. The lowest BCUT2D eigenvalue weighted by molar-refractivity contribution is -0.129. The number of nitrogens with one attached hydrogen (secondary N) is 1. The minimum absolute atomic E-state index is 0.0148. The van der Waals surface area contributed by atoms with Crippen LogP contribution in [0, 0.1) is 0 Å². The summed E-state index contributed by atoms with van der Waals surface area (Å²) in [5, 5.41) is 4.32.